The van der Waals surface area contributed by atoms with Crippen LogP contribution in [0, 0.1) is 10.8 Å². The Kier molecular flexibility index (Phi) is 13.7. The van der Waals surface area contributed by atoms with Crippen LogP contribution in [-0.4, -0.2) is 64.8 Å². The SMILES string of the molecule is CC.COC(CCn1ccc2c(N)ncnc21)CO[P+](O)(OCOC(=O)C(C)(C)C)OCOC(=O)C(C)(C)C. The lowest BCUT2D eigenvalue weighted by molar-refractivity contribution is -0.165. The van der Waals surface area contributed by atoms with Gasteiger partial charge in [-0.1, -0.05) is 13.8 Å². The normalized spacial score (nSPS) is 13.0. The molecule has 2 aromatic heterocycles. The number of ether oxygens (including phenoxy) is 3. The predicted octanol–water partition coefficient (Wildman–Crippen LogP) is 4.26. The van der Waals surface area contributed by atoms with Gasteiger partial charge in [0.25, 0.3) is 0 Å². The largest absolute Gasteiger partial charge is 0.579 e. The maximum atomic E-state index is 12.0. The molecule has 1 unspecified atom stereocenters. The first-order chi connectivity index (χ1) is 18.2. The maximum absolute atomic E-state index is 12.0. The first-order valence-electron chi connectivity index (χ1n) is 12.6. The first-order valence-corrected chi connectivity index (χ1v) is 14.1. The van der Waals surface area contributed by atoms with Gasteiger partial charge in [-0.25, -0.2) is 9.97 Å². The van der Waals surface area contributed by atoms with E-state index in [9.17, 15) is 14.5 Å². The zero-order valence-corrected chi connectivity index (χ0v) is 25.3. The van der Waals surface area contributed by atoms with Crippen LogP contribution in [0.5, 0.6) is 0 Å². The van der Waals surface area contributed by atoms with Gasteiger partial charge in [-0.3, -0.25) is 9.59 Å². The second kappa shape index (κ2) is 15.4. The van der Waals surface area contributed by atoms with E-state index < -0.39 is 50.6 Å². The van der Waals surface area contributed by atoms with E-state index in [2.05, 4.69) is 9.97 Å². The molecule has 0 radical (unpaired) electrons. The summed E-state index contributed by atoms with van der Waals surface area (Å²) in [6.07, 6.45) is 3.22. The number of methoxy groups -OCH3 is 1. The molecule has 2 aromatic rings. The third kappa shape index (κ3) is 11.3. The topological polar surface area (TPSA) is 166 Å². The number of carbonyl (C=O) groups is 2. The van der Waals surface area contributed by atoms with Crippen LogP contribution in [0.3, 0.4) is 0 Å². The number of esters is 2. The van der Waals surface area contributed by atoms with E-state index in [1.165, 1.54) is 13.4 Å². The molecule has 0 amide bonds. The van der Waals surface area contributed by atoms with Crippen molar-refractivity contribution in [2.24, 2.45) is 10.8 Å². The van der Waals surface area contributed by atoms with Crippen LogP contribution in [0.15, 0.2) is 18.6 Å². The van der Waals surface area contributed by atoms with Gasteiger partial charge >= 0.3 is 20.1 Å². The molecule has 0 spiro atoms. The number of aryl methyl sites for hydroxylation is 1. The lowest BCUT2D eigenvalue weighted by Crippen LogP contribution is -2.26. The summed E-state index contributed by atoms with van der Waals surface area (Å²) in [6, 6.07) is 1.83. The van der Waals surface area contributed by atoms with Gasteiger partial charge in [0.1, 0.15) is 24.4 Å². The molecule has 0 aliphatic carbocycles. The Labute approximate surface area is 230 Å². The van der Waals surface area contributed by atoms with Gasteiger partial charge in [0, 0.05) is 19.9 Å². The number of aromatic nitrogens is 3. The standard InChI is InChI=1S/C23H38N4O9P.C2H6/c1-22(2,3)20(28)32-14-35-37(30,36-15-33-21(29)23(4,5)6)34-12-16(31-7)8-10-27-11-9-17-18(24)25-13-26-19(17)27;1-2/h9,11,13,16,30H,8,10,12,14-15H2,1-7H3,(H2,24,25,26);1-2H3/q+1;. The Bertz CT molecular complexity index is 1020. The van der Waals surface area contributed by atoms with E-state index in [4.69, 9.17) is 33.5 Å². The van der Waals surface area contributed by atoms with Crippen molar-refractivity contribution in [2.45, 2.75) is 74.5 Å². The minimum Gasteiger partial charge on any atom is -0.433 e. The van der Waals surface area contributed by atoms with E-state index in [1.807, 2.05) is 30.7 Å². The quantitative estimate of drug-likeness (QED) is 0.198. The molecule has 0 bridgehead atoms. The average Bonchev–Trinajstić information content (AvgIpc) is 3.28. The van der Waals surface area contributed by atoms with Crippen molar-refractivity contribution in [1.29, 1.82) is 0 Å². The Morgan fingerprint density at radius 3 is 2.03 bits per heavy atom. The summed E-state index contributed by atoms with van der Waals surface area (Å²) in [6.45, 7) is 13.2. The molecule has 0 aliphatic heterocycles. The van der Waals surface area contributed by atoms with Crippen LogP contribution in [0.2, 0.25) is 0 Å². The Hall–Kier alpha value is -2.41. The minimum atomic E-state index is -4.06. The predicted molar refractivity (Wildman–Crippen MR) is 147 cm³/mol. The fourth-order valence-corrected chi connectivity index (χ4v) is 3.72. The molecule has 14 heteroatoms. The van der Waals surface area contributed by atoms with Gasteiger partial charge < -0.3 is 24.5 Å². The van der Waals surface area contributed by atoms with Gasteiger partial charge in [0.05, 0.1) is 22.3 Å². The number of carbonyl (C=O) groups excluding carboxylic acids is 2. The van der Waals surface area contributed by atoms with Gasteiger partial charge in [0.2, 0.25) is 13.6 Å². The van der Waals surface area contributed by atoms with Crippen LogP contribution in [0.1, 0.15) is 61.8 Å². The Morgan fingerprint density at radius 2 is 1.54 bits per heavy atom. The van der Waals surface area contributed by atoms with E-state index in [1.54, 1.807) is 41.5 Å². The number of hydrogen-bond acceptors (Lipinski definition) is 12. The molecule has 0 fully saturated rings. The van der Waals surface area contributed by atoms with Crippen LogP contribution >= 0.6 is 8.17 Å². The summed E-state index contributed by atoms with van der Waals surface area (Å²) in [4.78, 5) is 43.2. The molecule has 0 saturated heterocycles. The monoisotopic (exact) mass is 575 g/mol. The highest BCUT2D eigenvalue weighted by molar-refractivity contribution is 7.55. The second-order valence-corrected chi connectivity index (χ2v) is 12.0. The van der Waals surface area contributed by atoms with Gasteiger partial charge in [0.15, 0.2) is 0 Å². The van der Waals surface area contributed by atoms with Crippen molar-refractivity contribution in [3.8, 4) is 0 Å². The van der Waals surface area contributed by atoms with Gasteiger partial charge in [-0.05, 0) is 54.0 Å². The fraction of sp³-hybridized carbons (Fsp3) is 0.680. The van der Waals surface area contributed by atoms with Crippen LogP contribution < -0.4 is 5.73 Å². The molecule has 13 nitrogen and oxygen atoms in total. The van der Waals surface area contributed by atoms with E-state index >= 15 is 0 Å². The minimum absolute atomic E-state index is 0.127. The third-order valence-corrected chi connectivity index (χ3v) is 6.41. The second-order valence-electron chi connectivity index (χ2n) is 10.3. The summed E-state index contributed by atoms with van der Waals surface area (Å²) in [7, 11) is -2.56. The van der Waals surface area contributed by atoms with Crippen LogP contribution in [0.4, 0.5) is 5.82 Å². The highest BCUT2D eigenvalue weighted by Gasteiger charge is 2.47. The molecular weight excluding hydrogens is 531 g/mol. The number of fused-ring (bicyclic) bond motifs is 1. The van der Waals surface area contributed by atoms with E-state index in [0.717, 1.165) is 5.39 Å². The number of nitrogens with zero attached hydrogens (tertiary/aromatic N) is 3. The highest BCUT2D eigenvalue weighted by atomic mass is 31.2. The zero-order chi connectivity index (χ0) is 29.9. The fourth-order valence-electron chi connectivity index (χ4n) is 2.77. The lowest BCUT2D eigenvalue weighted by atomic mass is 9.98. The number of nitrogens with two attached hydrogens (primary N) is 1. The van der Waals surface area contributed by atoms with Crippen molar-refractivity contribution in [3.63, 3.8) is 0 Å². The smallest absolute Gasteiger partial charge is 0.433 e. The van der Waals surface area contributed by atoms with Crippen molar-refractivity contribution < 1.29 is 42.3 Å². The molecule has 2 rings (SSSR count). The van der Waals surface area contributed by atoms with E-state index in [-0.39, 0.29) is 6.61 Å². The summed E-state index contributed by atoms with van der Waals surface area (Å²) >= 11 is 0. The molecule has 0 saturated carbocycles. The summed E-state index contributed by atoms with van der Waals surface area (Å²) in [5.74, 6) is -0.702. The van der Waals surface area contributed by atoms with Gasteiger partial charge in [-0.2, -0.15) is 9.42 Å². The van der Waals surface area contributed by atoms with Crippen molar-refractivity contribution in [1.82, 2.24) is 14.5 Å². The summed E-state index contributed by atoms with van der Waals surface area (Å²) < 4.78 is 33.6. The number of hydrogen-bond donors (Lipinski definition) is 2. The van der Waals surface area contributed by atoms with Crippen molar-refractivity contribution >= 4 is 37.0 Å². The summed E-state index contributed by atoms with van der Waals surface area (Å²) in [5, 5.41) is 0.740. The van der Waals surface area contributed by atoms with E-state index in [0.29, 0.717) is 24.4 Å². The molecule has 0 aromatic carbocycles. The summed E-state index contributed by atoms with van der Waals surface area (Å²) in [5.41, 5.74) is 5.02. The number of rotatable bonds is 13. The van der Waals surface area contributed by atoms with Crippen molar-refractivity contribution in [3.05, 3.63) is 18.6 Å². The first kappa shape index (κ1) is 34.6. The Morgan fingerprint density at radius 1 is 1.00 bits per heavy atom. The molecule has 1 atom stereocenters. The molecular formula is C25H44N4O9P+. The molecule has 39 heavy (non-hydrogen) atoms. The van der Waals surface area contributed by atoms with Crippen LogP contribution in [0.25, 0.3) is 11.0 Å². The number of nitrogen functional groups attached to an aromatic ring is 1. The zero-order valence-electron chi connectivity index (χ0n) is 24.4. The third-order valence-electron chi connectivity index (χ3n) is 5.07. The molecule has 0 aliphatic rings. The number of anilines is 1. The average molecular weight is 576 g/mol. The maximum Gasteiger partial charge on any atom is 0.579 e. The molecule has 2 heterocycles. The highest BCUT2D eigenvalue weighted by Crippen LogP contribution is 2.58. The molecule has 3 N–H and O–H groups in total. The Balaban J connectivity index is 0.00000371. The van der Waals surface area contributed by atoms with Gasteiger partial charge in [-0.15, -0.1) is 9.05 Å². The van der Waals surface area contributed by atoms with Crippen LogP contribution in [-0.2, 0) is 43.9 Å². The lowest BCUT2D eigenvalue weighted by Gasteiger charge is -2.21. The molecule has 222 valence electrons. The van der Waals surface area contributed by atoms with Crippen molar-refractivity contribution in [2.75, 3.05) is 33.0 Å².